The molecule has 7 nitrogen and oxygen atoms in total. The second-order valence-corrected chi connectivity index (χ2v) is 4.36. The molecular weight excluding hydrogens is 302 g/mol. The lowest BCUT2D eigenvalue weighted by Crippen LogP contribution is -2.08. The monoisotopic (exact) mass is 307 g/mol. The van der Waals surface area contributed by atoms with Gasteiger partial charge in [-0.1, -0.05) is 0 Å². The van der Waals surface area contributed by atoms with Crippen LogP contribution in [-0.2, 0) is 0 Å². The second-order valence-electron chi connectivity index (χ2n) is 3.51. The molecule has 3 heterocycles. The molecule has 3 aromatic rings. The van der Waals surface area contributed by atoms with Crippen LogP contribution in [0.4, 0.5) is 4.79 Å². The lowest BCUT2D eigenvalue weighted by molar-refractivity contribution is 0.197. The number of hydrogen-bond acceptors (Lipinski definition) is 4. The first-order valence-electron chi connectivity index (χ1n) is 4.93. The maximum absolute atomic E-state index is 11.1. The number of pyridine rings is 1. The van der Waals surface area contributed by atoms with Gasteiger partial charge in [0.2, 0.25) is 0 Å². The van der Waals surface area contributed by atoms with Crippen LogP contribution in [0.3, 0.4) is 0 Å². The fraction of sp³-hybridized carbons (Fsp3) is 0. The van der Waals surface area contributed by atoms with E-state index in [9.17, 15) is 4.79 Å². The van der Waals surface area contributed by atoms with E-state index in [-0.39, 0.29) is 0 Å². The van der Waals surface area contributed by atoms with Crippen molar-refractivity contribution in [2.75, 3.05) is 0 Å². The summed E-state index contributed by atoms with van der Waals surface area (Å²) in [6.07, 6.45) is 3.25. The van der Waals surface area contributed by atoms with Crippen LogP contribution in [0, 0.1) is 0 Å². The Hall–Kier alpha value is -2.22. The Morgan fingerprint density at radius 2 is 2.28 bits per heavy atom. The summed E-state index contributed by atoms with van der Waals surface area (Å²) in [6.45, 7) is 0. The molecule has 1 N–H and O–H groups in total. The normalized spacial score (nSPS) is 10.9. The van der Waals surface area contributed by atoms with Crippen LogP contribution >= 0.6 is 15.9 Å². The Morgan fingerprint density at radius 3 is 2.94 bits per heavy atom. The average molecular weight is 308 g/mol. The van der Waals surface area contributed by atoms with E-state index in [0.717, 1.165) is 14.4 Å². The maximum atomic E-state index is 11.1. The largest absolute Gasteiger partial charge is 0.464 e. The molecule has 0 unspecified atom stereocenters. The first-order chi connectivity index (χ1) is 8.66. The highest BCUT2D eigenvalue weighted by Gasteiger charge is 2.13. The predicted molar refractivity (Wildman–Crippen MR) is 65.8 cm³/mol. The first-order valence-corrected chi connectivity index (χ1v) is 5.72. The van der Waals surface area contributed by atoms with Crippen molar-refractivity contribution in [3.63, 3.8) is 0 Å². The minimum atomic E-state index is -1.08. The average Bonchev–Trinajstić information content (AvgIpc) is 2.97. The summed E-state index contributed by atoms with van der Waals surface area (Å²) < 4.78 is 3.27. The highest BCUT2D eigenvalue weighted by atomic mass is 79.9. The summed E-state index contributed by atoms with van der Waals surface area (Å²) in [4.78, 5) is 19.2. The highest BCUT2D eigenvalue weighted by molar-refractivity contribution is 9.10. The fourth-order valence-electron chi connectivity index (χ4n) is 1.65. The third kappa shape index (κ3) is 1.58. The zero-order chi connectivity index (χ0) is 12.7. The SMILES string of the molecule is O=C(O)n1ccc2c(Br)cc(-n3cncn3)nc21. The van der Waals surface area contributed by atoms with Gasteiger partial charge in [-0.2, -0.15) is 5.10 Å². The molecule has 0 radical (unpaired) electrons. The molecule has 0 aliphatic rings. The molecule has 0 spiro atoms. The van der Waals surface area contributed by atoms with Crippen LogP contribution in [0.15, 0.2) is 35.5 Å². The van der Waals surface area contributed by atoms with Gasteiger partial charge in [-0.25, -0.2) is 24.0 Å². The van der Waals surface area contributed by atoms with Gasteiger partial charge in [-0.3, -0.25) is 0 Å². The van der Waals surface area contributed by atoms with Crippen molar-refractivity contribution in [1.29, 1.82) is 0 Å². The van der Waals surface area contributed by atoms with Gasteiger partial charge >= 0.3 is 6.09 Å². The Morgan fingerprint density at radius 1 is 1.44 bits per heavy atom. The first kappa shape index (κ1) is 10.9. The quantitative estimate of drug-likeness (QED) is 0.742. The van der Waals surface area contributed by atoms with E-state index in [2.05, 4.69) is 31.0 Å². The van der Waals surface area contributed by atoms with Gasteiger partial charge in [0.15, 0.2) is 11.5 Å². The van der Waals surface area contributed by atoms with E-state index < -0.39 is 6.09 Å². The zero-order valence-corrected chi connectivity index (χ0v) is 10.4. The summed E-state index contributed by atoms with van der Waals surface area (Å²) in [5.41, 5.74) is 0.349. The molecule has 90 valence electrons. The number of carbonyl (C=O) groups is 1. The molecule has 18 heavy (non-hydrogen) atoms. The topological polar surface area (TPSA) is 85.8 Å². The van der Waals surface area contributed by atoms with Crippen LogP contribution in [0.5, 0.6) is 0 Å². The Labute approximate surface area is 109 Å². The Kier molecular flexibility index (Phi) is 2.37. The van der Waals surface area contributed by atoms with Crippen molar-refractivity contribution < 1.29 is 9.90 Å². The number of carboxylic acid groups (broad SMARTS) is 1. The molecule has 3 rings (SSSR count). The van der Waals surface area contributed by atoms with E-state index in [0.29, 0.717) is 11.5 Å². The molecule has 0 atom stereocenters. The number of nitrogens with zero attached hydrogens (tertiary/aromatic N) is 5. The summed E-state index contributed by atoms with van der Waals surface area (Å²) >= 11 is 3.39. The molecule has 3 aromatic heterocycles. The summed E-state index contributed by atoms with van der Waals surface area (Å²) in [5.74, 6) is 0.494. The molecule has 0 aliphatic heterocycles. The Bertz CT molecular complexity index is 734. The maximum Gasteiger partial charge on any atom is 0.417 e. The van der Waals surface area contributed by atoms with Gasteiger partial charge in [-0.15, -0.1) is 0 Å². The molecule has 0 aliphatic carbocycles. The zero-order valence-electron chi connectivity index (χ0n) is 8.86. The van der Waals surface area contributed by atoms with Gasteiger partial charge in [0, 0.05) is 16.1 Å². The fourth-order valence-corrected chi connectivity index (χ4v) is 2.17. The molecule has 8 heteroatoms. The van der Waals surface area contributed by atoms with Crippen LogP contribution < -0.4 is 0 Å². The van der Waals surface area contributed by atoms with Crippen molar-refractivity contribution in [3.05, 3.63) is 35.5 Å². The van der Waals surface area contributed by atoms with E-state index >= 15 is 0 Å². The third-order valence-corrected chi connectivity index (χ3v) is 3.11. The van der Waals surface area contributed by atoms with Gasteiger partial charge in [0.1, 0.15) is 12.7 Å². The number of fused-ring (bicyclic) bond motifs is 1. The molecule has 0 saturated carbocycles. The number of aromatic nitrogens is 5. The van der Waals surface area contributed by atoms with E-state index in [1.807, 2.05) is 0 Å². The molecule has 0 aromatic carbocycles. The van der Waals surface area contributed by atoms with E-state index in [1.54, 1.807) is 12.1 Å². The van der Waals surface area contributed by atoms with Gasteiger partial charge in [-0.05, 0) is 28.1 Å². The summed E-state index contributed by atoms with van der Waals surface area (Å²) in [7, 11) is 0. The minimum absolute atomic E-state index is 0.349. The highest BCUT2D eigenvalue weighted by Crippen LogP contribution is 2.25. The van der Waals surface area contributed by atoms with Crippen molar-refractivity contribution in [2.24, 2.45) is 0 Å². The smallest absolute Gasteiger partial charge is 0.417 e. The van der Waals surface area contributed by atoms with Gasteiger partial charge in [0.05, 0.1) is 0 Å². The second kappa shape index (κ2) is 3.91. The van der Waals surface area contributed by atoms with E-state index in [4.69, 9.17) is 5.11 Å². The molecule has 0 saturated heterocycles. The van der Waals surface area contributed by atoms with Crippen LogP contribution in [0.1, 0.15) is 0 Å². The summed E-state index contributed by atoms with van der Waals surface area (Å²) in [6, 6.07) is 3.44. The van der Waals surface area contributed by atoms with Crippen LogP contribution in [0.2, 0.25) is 0 Å². The molecular formula is C10H6BrN5O2. The van der Waals surface area contributed by atoms with Crippen molar-refractivity contribution in [2.45, 2.75) is 0 Å². The predicted octanol–water partition coefficient (Wildman–Crippen LogP) is 1.91. The van der Waals surface area contributed by atoms with Gasteiger partial charge in [0.25, 0.3) is 0 Å². The van der Waals surface area contributed by atoms with Crippen molar-refractivity contribution in [1.82, 2.24) is 24.3 Å². The standard InChI is InChI=1S/C10H6BrN5O2/c11-7-3-8(16-5-12-4-13-16)14-9-6(7)1-2-15(9)10(17)18/h1-5H,(H,17,18). The van der Waals surface area contributed by atoms with Crippen LogP contribution in [0.25, 0.3) is 16.9 Å². The Balaban J connectivity index is 2.31. The van der Waals surface area contributed by atoms with Crippen molar-refractivity contribution >= 4 is 33.1 Å². The number of rotatable bonds is 1. The summed E-state index contributed by atoms with van der Waals surface area (Å²) in [5, 5.41) is 13.7. The van der Waals surface area contributed by atoms with Crippen molar-refractivity contribution in [3.8, 4) is 5.82 Å². The number of halogens is 1. The third-order valence-electron chi connectivity index (χ3n) is 2.45. The van der Waals surface area contributed by atoms with Crippen LogP contribution in [-0.4, -0.2) is 35.5 Å². The van der Waals surface area contributed by atoms with E-state index in [1.165, 1.54) is 23.5 Å². The molecule has 0 bridgehead atoms. The lowest BCUT2D eigenvalue weighted by Gasteiger charge is -2.03. The number of hydrogen-bond donors (Lipinski definition) is 1. The molecule has 0 amide bonds. The molecule has 0 fully saturated rings. The van der Waals surface area contributed by atoms with Gasteiger partial charge < -0.3 is 5.11 Å². The minimum Gasteiger partial charge on any atom is -0.464 e. The lowest BCUT2D eigenvalue weighted by atomic mass is 10.3.